The van der Waals surface area contributed by atoms with Crippen molar-refractivity contribution >= 4 is 73.8 Å². The summed E-state index contributed by atoms with van der Waals surface area (Å²) in [5.41, 5.74) is 0.784. The zero-order valence-corrected chi connectivity index (χ0v) is 31.1. The van der Waals surface area contributed by atoms with Crippen LogP contribution in [0.5, 0.6) is 5.75 Å². The summed E-state index contributed by atoms with van der Waals surface area (Å²) in [7, 11) is 1.65. The number of carbonyl (C=O) groups excluding carboxylic acids is 4. The van der Waals surface area contributed by atoms with E-state index >= 15 is 4.39 Å². The molecule has 1 N–H and O–H groups in total. The Morgan fingerprint density at radius 3 is 2.53 bits per heavy atom. The van der Waals surface area contributed by atoms with Crippen LogP contribution >= 0.6 is 22.9 Å². The Labute approximate surface area is 321 Å². The Balaban J connectivity index is 1.15. The number of aromatic hydroxyl groups is 1. The molecule has 2 aliphatic carbocycles. The molecule has 0 spiro atoms. The fourth-order valence-corrected chi connectivity index (χ4v) is 10.8. The van der Waals surface area contributed by atoms with Crippen LogP contribution in [-0.2, 0) is 26.2 Å². The molecule has 3 aromatic carbocycles. The van der Waals surface area contributed by atoms with Crippen LogP contribution in [0, 0.1) is 51.9 Å². The highest BCUT2D eigenvalue weighted by Crippen LogP contribution is 2.64. The molecule has 0 bridgehead atoms. The molecule has 4 aliphatic rings. The summed E-state index contributed by atoms with van der Waals surface area (Å²) in [6.45, 7) is 3.64. The number of phenolic OH excluding ortho intramolecular Hbond substituents is 1. The van der Waals surface area contributed by atoms with E-state index in [-0.39, 0.29) is 30.0 Å². The molecule has 2 aromatic heterocycles. The number of carbonyl (C=O) groups is 4. The molecule has 278 valence electrons. The van der Waals surface area contributed by atoms with E-state index in [0.717, 1.165) is 36.4 Å². The van der Waals surface area contributed by atoms with Crippen molar-refractivity contribution in [3.63, 3.8) is 0 Å². The fraction of sp³-hybridized carbons (Fsp3) is 0.275. The van der Waals surface area contributed by atoms with Crippen LogP contribution < -0.4 is 9.80 Å². The van der Waals surface area contributed by atoms with Crippen molar-refractivity contribution in [3.8, 4) is 16.3 Å². The summed E-state index contributed by atoms with van der Waals surface area (Å²) in [4.78, 5) is 72.0. The molecule has 0 unspecified atom stereocenters. The van der Waals surface area contributed by atoms with E-state index in [1.807, 2.05) is 31.2 Å². The van der Waals surface area contributed by atoms with Crippen LogP contribution in [0.1, 0.15) is 36.8 Å². The Morgan fingerprint density at radius 2 is 1.78 bits per heavy atom. The third-order valence-corrected chi connectivity index (χ3v) is 13.6. The lowest BCUT2D eigenvalue weighted by atomic mass is 9.51. The SMILES string of the molecule is Cc1c(-c2cc(N3C(=O)[C@@H]4C[C@@H]5C(=CC[C@@H]6C(=O)N(c7cccc([N+](=O)[O-])c7)C(=O)[C@@H]65)[C@H](c5ccc(O)c(F)c5)[C@]4(C)C3=O)n(C)n2)sc2ccc(Cl)cc12. The van der Waals surface area contributed by atoms with Crippen molar-refractivity contribution in [1.29, 1.82) is 0 Å². The second kappa shape index (κ2) is 12.1. The first-order valence-corrected chi connectivity index (χ1v) is 18.8. The predicted molar refractivity (Wildman–Crippen MR) is 202 cm³/mol. The first-order chi connectivity index (χ1) is 26.2. The standard InChI is InChI=1S/C40H31ClFN5O7S/c1-18-25-14-20(41)8-12-31(25)55-35(18)29-17-32(44(3)43-29)46-37(50)27-16-26-23(34(40(27,2)39(46)52)19-7-11-30(48)28(42)13-19)9-10-24-33(26)38(51)45(36(24)49)21-5-4-6-22(15-21)47(53)54/h4-9,11-15,17,24,26-27,33-34,48H,10,16H2,1-3H3/t24-,26+,27-,33-,34-,40+/m0/s1. The lowest BCUT2D eigenvalue weighted by molar-refractivity contribution is -0.384. The number of rotatable bonds is 5. The van der Waals surface area contributed by atoms with Gasteiger partial charge in [-0.1, -0.05) is 35.4 Å². The molecule has 55 heavy (non-hydrogen) atoms. The van der Waals surface area contributed by atoms with Gasteiger partial charge in [-0.3, -0.25) is 34.0 Å². The largest absolute Gasteiger partial charge is 0.505 e. The van der Waals surface area contributed by atoms with Gasteiger partial charge in [-0.25, -0.2) is 14.2 Å². The number of anilines is 2. The van der Waals surface area contributed by atoms with Gasteiger partial charge in [-0.05, 0) is 85.5 Å². The van der Waals surface area contributed by atoms with Crippen molar-refractivity contribution < 1.29 is 33.6 Å². The minimum atomic E-state index is -1.46. The fourth-order valence-electron chi connectivity index (χ4n) is 9.53. The Morgan fingerprint density at radius 1 is 1.00 bits per heavy atom. The summed E-state index contributed by atoms with van der Waals surface area (Å²) in [6, 6.07) is 16.5. The summed E-state index contributed by atoms with van der Waals surface area (Å²) in [5, 5.41) is 28.0. The number of non-ortho nitro benzene ring substituents is 1. The smallest absolute Gasteiger partial charge is 0.271 e. The average molecular weight is 780 g/mol. The molecule has 3 fully saturated rings. The number of fused-ring (bicyclic) bond motifs is 5. The third-order valence-electron chi connectivity index (χ3n) is 12.1. The number of nitro benzene ring substituents is 1. The monoisotopic (exact) mass is 779 g/mol. The van der Waals surface area contributed by atoms with Crippen LogP contribution in [0.3, 0.4) is 0 Å². The lowest BCUT2D eigenvalue weighted by Crippen LogP contribution is -2.49. The zero-order chi connectivity index (χ0) is 38.8. The molecule has 1 saturated carbocycles. The molecule has 4 amide bonds. The molecule has 0 radical (unpaired) electrons. The highest BCUT2D eigenvalue weighted by atomic mass is 35.5. The van der Waals surface area contributed by atoms with Crippen molar-refractivity contribution in [2.75, 3.05) is 9.80 Å². The molecule has 15 heteroatoms. The average Bonchev–Trinajstić information content (AvgIpc) is 3.83. The van der Waals surface area contributed by atoms with Crippen molar-refractivity contribution in [2.45, 2.75) is 32.6 Å². The molecular weight excluding hydrogens is 749 g/mol. The third kappa shape index (κ3) is 4.90. The van der Waals surface area contributed by atoms with Gasteiger partial charge >= 0.3 is 0 Å². The zero-order valence-electron chi connectivity index (χ0n) is 29.5. The van der Waals surface area contributed by atoms with E-state index in [9.17, 15) is 34.4 Å². The van der Waals surface area contributed by atoms with Gasteiger partial charge in [-0.15, -0.1) is 11.3 Å². The first kappa shape index (κ1) is 35.0. The van der Waals surface area contributed by atoms with E-state index in [2.05, 4.69) is 0 Å². The summed E-state index contributed by atoms with van der Waals surface area (Å²) in [5.74, 6) is -7.73. The summed E-state index contributed by atoms with van der Waals surface area (Å²) < 4.78 is 17.6. The molecule has 6 atom stereocenters. The minimum absolute atomic E-state index is 0.0460. The van der Waals surface area contributed by atoms with E-state index in [0.29, 0.717) is 21.9 Å². The number of allylic oxidation sites excluding steroid dienone is 2. The second-order valence-corrected chi connectivity index (χ2v) is 16.4. The van der Waals surface area contributed by atoms with E-state index in [1.54, 1.807) is 20.0 Å². The normalized spacial score (nSPS) is 26.1. The Bertz CT molecular complexity index is 2620. The maximum absolute atomic E-state index is 15.1. The van der Waals surface area contributed by atoms with Gasteiger partial charge in [-0.2, -0.15) is 5.10 Å². The topological polar surface area (TPSA) is 156 Å². The number of aromatic nitrogens is 2. The highest BCUT2D eigenvalue weighted by Gasteiger charge is 2.68. The summed E-state index contributed by atoms with van der Waals surface area (Å²) >= 11 is 7.80. The highest BCUT2D eigenvalue weighted by molar-refractivity contribution is 7.22. The minimum Gasteiger partial charge on any atom is -0.505 e. The van der Waals surface area contributed by atoms with Crippen LogP contribution in [0.2, 0.25) is 5.02 Å². The number of phenols is 1. The van der Waals surface area contributed by atoms with Gasteiger partial charge in [0.1, 0.15) is 11.5 Å². The number of benzene rings is 3. The van der Waals surface area contributed by atoms with Gasteiger partial charge in [0, 0.05) is 40.9 Å². The number of amides is 4. The van der Waals surface area contributed by atoms with Gasteiger partial charge in [0.25, 0.3) is 5.69 Å². The van der Waals surface area contributed by atoms with Gasteiger partial charge in [0.2, 0.25) is 23.6 Å². The number of aryl methyl sites for hydroxylation is 2. The molecule has 5 aromatic rings. The molecule has 2 aliphatic heterocycles. The number of halogens is 2. The van der Waals surface area contributed by atoms with Crippen molar-refractivity contribution in [1.82, 2.24) is 9.78 Å². The van der Waals surface area contributed by atoms with Gasteiger partial charge in [0.15, 0.2) is 11.6 Å². The van der Waals surface area contributed by atoms with E-state index in [4.69, 9.17) is 16.7 Å². The molecule has 2 saturated heterocycles. The molecule has 12 nitrogen and oxygen atoms in total. The number of imide groups is 2. The molecule has 9 rings (SSSR count). The quantitative estimate of drug-likeness (QED) is 0.0835. The number of nitrogens with zero attached hydrogens (tertiary/aromatic N) is 5. The maximum Gasteiger partial charge on any atom is 0.271 e. The van der Waals surface area contributed by atoms with E-state index in [1.165, 1.54) is 52.4 Å². The van der Waals surface area contributed by atoms with Crippen molar-refractivity contribution in [2.24, 2.45) is 36.1 Å². The second-order valence-electron chi connectivity index (χ2n) is 14.9. The Kier molecular flexibility index (Phi) is 7.72. The number of nitro groups is 1. The number of hydrogen-bond acceptors (Lipinski definition) is 9. The predicted octanol–water partition coefficient (Wildman–Crippen LogP) is 7.45. The molecular formula is C40H31ClFN5O7S. The van der Waals surface area contributed by atoms with Crippen molar-refractivity contribution in [3.05, 3.63) is 110 Å². The van der Waals surface area contributed by atoms with Crippen LogP contribution in [0.25, 0.3) is 20.7 Å². The maximum atomic E-state index is 15.1. The van der Waals surface area contributed by atoms with Gasteiger partial charge < -0.3 is 5.11 Å². The van der Waals surface area contributed by atoms with Gasteiger partial charge in [0.05, 0.1) is 38.7 Å². The summed E-state index contributed by atoms with van der Waals surface area (Å²) in [6.07, 6.45) is 2.00. The molecule has 4 heterocycles. The van der Waals surface area contributed by atoms with Crippen LogP contribution in [0.4, 0.5) is 21.6 Å². The first-order valence-electron chi connectivity index (χ1n) is 17.6. The lowest BCUT2D eigenvalue weighted by Gasteiger charge is -2.49. The Hall–Kier alpha value is -5.73. The van der Waals surface area contributed by atoms with Crippen LogP contribution in [-0.4, -0.2) is 43.4 Å². The number of thiophene rings is 1. The number of hydrogen-bond donors (Lipinski definition) is 1. The van der Waals surface area contributed by atoms with Crippen LogP contribution in [0.15, 0.2) is 78.4 Å². The van der Waals surface area contributed by atoms with E-state index < -0.39 is 75.1 Å².